The zero-order chi connectivity index (χ0) is 18.1. The highest BCUT2D eigenvalue weighted by molar-refractivity contribution is 6.30. The Morgan fingerprint density at radius 3 is 2.96 bits per heavy atom. The summed E-state index contributed by atoms with van der Waals surface area (Å²) in [5.41, 5.74) is 5.37. The molecule has 3 heterocycles. The van der Waals surface area contributed by atoms with Gasteiger partial charge in [0.1, 0.15) is 0 Å². The lowest BCUT2D eigenvalue weighted by atomic mass is 9.95. The van der Waals surface area contributed by atoms with Gasteiger partial charge in [0.25, 0.3) is 0 Å². The summed E-state index contributed by atoms with van der Waals surface area (Å²) in [5, 5.41) is 12.4. The highest BCUT2D eigenvalue weighted by Gasteiger charge is 2.29. The molecule has 2 aromatic heterocycles. The van der Waals surface area contributed by atoms with E-state index in [2.05, 4.69) is 26.3 Å². The Labute approximate surface area is 158 Å². The van der Waals surface area contributed by atoms with E-state index in [4.69, 9.17) is 16.1 Å². The zero-order valence-electron chi connectivity index (χ0n) is 15.1. The van der Waals surface area contributed by atoms with E-state index in [9.17, 15) is 0 Å². The number of nitrogens with one attached hydrogen (secondary N) is 1. The van der Waals surface area contributed by atoms with Crippen molar-refractivity contribution in [1.82, 2.24) is 20.3 Å². The van der Waals surface area contributed by atoms with Gasteiger partial charge in [0, 0.05) is 17.1 Å². The Morgan fingerprint density at radius 1 is 1.31 bits per heavy atom. The lowest BCUT2D eigenvalue weighted by Gasteiger charge is -2.35. The molecule has 0 bridgehead atoms. The molecule has 3 aromatic rings. The van der Waals surface area contributed by atoms with E-state index in [1.54, 1.807) is 0 Å². The predicted molar refractivity (Wildman–Crippen MR) is 102 cm³/mol. The van der Waals surface area contributed by atoms with Crippen molar-refractivity contribution in [2.75, 3.05) is 6.54 Å². The summed E-state index contributed by atoms with van der Waals surface area (Å²) in [4.78, 5) is 2.50. The first-order chi connectivity index (χ1) is 12.6. The van der Waals surface area contributed by atoms with Gasteiger partial charge in [0.05, 0.1) is 29.2 Å². The standard InChI is InChI=1S/C20H23ClN4O/c1-13-14(2)24-26-20(13)17-11-22-23-19(17)18-8-3-4-9-25(18)12-15-6-5-7-16(21)10-15/h5-7,10-11,18H,3-4,8-9,12H2,1-2H3,(H,22,23). The van der Waals surface area contributed by atoms with Gasteiger partial charge in [0.2, 0.25) is 0 Å². The summed E-state index contributed by atoms with van der Waals surface area (Å²) in [6.45, 7) is 5.94. The van der Waals surface area contributed by atoms with Crippen LogP contribution in [0.25, 0.3) is 11.3 Å². The first-order valence-electron chi connectivity index (χ1n) is 9.08. The van der Waals surface area contributed by atoms with E-state index in [-0.39, 0.29) is 6.04 Å². The van der Waals surface area contributed by atoms with Gasteiger partial charge in [-0.15, -0.1) is 0 Å². The molecular weight excluding hydrogens is 348 g/mol. The van der Waals surface area contributed by atoms with E-state index in [1.165, 1.54) is 18.4 Å². The molecule has 1 saturated heterocycles. The molecule has 0 amide bonds. The average molecular weight is 371 g/mol. The van der Waals surface area contributed by atoms with Gasteiger partial charge in [-0.2, -0.15) is 5.10 Å². The van der Waals surface area contributed by atoms with Gasteiger partial charge >= 0.3 is 0 Å². The SMILES string of the molecule is Cc1noc(-c2cn[nH]c2C2CCCCN2Cc2cccc(Cl)c2)c1C. The van der Waals surface area contributed by atoms with Crippen LogP contribution >= 0.6 is 11.6 Å². The Hall–Kier alpha value is -2.11. The van der Waals surface area contributed by atoms with Crippen LogP contribution in [0.15, 0.2) is 35.0 Å². The number of hydrogen-bond donors (Lipinski definition) is 1. The maximum absolute atomic E-state index is 6.17. The number of H-pyrrole nitrogens is 1. The smallest absolute Gasteiger partial charge is 0.173 e. The monoisotopic (exact) mass is 370 g/mol. The van der Waals surface area contributed by atoms with Crippen LogP contribution in [-0.2, 0) is 6.54 Å². The van der Waals surface area contributed by atoms with Crippen molar-refractivity contribution in [3.05, 3.63) is 58.0 Å². The number of piperidine rings is 1. The number of aryl methyl sites for hydroxylation is 1. The molecule has 26 heavy (non-hydrogen) atoms. The summed E-state index contributed by atoms with van der Waals surface area (Å²) >= 11 is 6.17. The van der Waals surface area contributed by atoms with Crippen LogP contribution in [0.1, 0.15) is 47.8 Å². The first kappa shape index (κ1) is 17.3. The lowest BCUT2D eigenvalue weighted by molar-refractivity contribution is 0.137. The number of halogens is 1. The normalized spacial score (nSPS) is 18.3. The number of benzene rings is 1. The number of likely N-dealkylation sites (tertiary alicyclic amines) is 1. The quantitative estimate of drug-likeness (QED) is 0.697. The summed E-state index contributed by atoms with van der Waals surface area (Å²) in [6.07, 6.45) is 5.38. The molecule has 6 heteroatoms. The summed E-state index contributed by atoms with van der Waals surface area (Å²) in [5.74, 6) is 0.819. The van der Waals surface area contributed by atoms with E-state index >= 15 is 0 Å². The molecule has 0 saturated carbocycles. The van der Waals surface area contributed by atoms with Crippen molar-refractivity contribution in [3.63, 3.8) is 0 Å². The third kappa shape index (κ3) is 3.29. The fourth-order valence-electron chi connectivity index (χ4n) is 3.77. The minimum atomic E-state index is 0.282. The fourth-order valence-corrected chi connectivity index (χ4v) is 3.99. The van der Waals surface area contributed by atoms with Crippen LogP contribution in [0, 0.1) is 13.8 Å². The van der Waals surface area contributed by atoms with Crippen molar-refractivity contribution < 1.29 is 4.52 Å². The van der Waals surface area contributed by atoms with Crippen LogP contribution in [-0.4, -0.2) is 26.8 Å². The largest absolute Gasteiger partial charge is 0.356 e. The highest BCUT2D eigenvalue weighted by Crippen LogP contribution is 2.37. The van der Waals surface area contributed by atoms with Crippen molar-refractivity contribution in [2.24, 2.45) is 0 Å². The van der Waals surface area contributed by atoms with Gasteiger partial charge in [-0.1, -0.05) is 35.3 Å². The van der Waals surface area contributed by atoms with Crippen LogP contribution in [0.5, 0.6) is 0 Å². The molecule has 1 unspecified atom stereocenters. The molecule has 1 N–H and O–H groups in total. The van der Waals surface area contributed by atoms with Crippen LogP contribution in [0.4, 0.5) is 0 Å². The maximum atomic E-state index is 6.17. The minimum Gasteiger partial charge on any atom is -0.356 e. The molecule has 0 spiro atoms. The van der Waals surface area contributed by atoms with Crippen molar-refractivity contribution in [1.29, 1.82) is 0 Å². The summed E-state index contributed by atoms with van der Waals surface area (Å²) < 4.78 is 5.59. The third-order valence-corrected chi connectivity index (χ3v) is 5.53. The third-order valence-electron chi connectivity index (χ3n) is 5.29. The second kappa shape index (κ2) is 7.25. The Morgan fingerprint density at radius 2 is 2.19 bits per heavy atom. The molecule has 4 rings (SSSR count). The van der Waals surface area contributed by atoms with Gasteiger partial charge in [-0.3, -0.25) is 10.00 Å². The number of aromatic nitrogens is 3. The molecular formula is C20H23ClN4O. The molecule has 1 aliphatic heterocycles. The van der Waals surface area contributed by atoms with Crippen molar-refractivity contribution in [2.45, 2.75) is 45.7 Å². The average Bonchev–Trinajstić information content (AvgIpc) is 3.23. The topological polar surface area (TPSA) is 58.0 Å². The number of hydrogen-bond acceptors (Lipinski definition) is 4. The predicted octanol–water partition coefficient (Wildman–Crippen LogP) is 5.06. The first-order valence-corrected chi connectivity index (χ1v) is 9.46. The molecule has 1 aliphatic rings. The molecule has 5 nitrogen and oxygen atoms in total. The van der Waals surface area contributed by atoms with E-state index < -0.39 is 0 Å². The fraction of sp³-hybridized carbons (Fsp3) is 0.400. The molecule has 0 radical (unpaired) electrons. The van der Waals surface area contributed by atoms with Gasteiger partial charge in [-0.25, -0.2) is 0 Å². The summed E-state index contributed by atoms with van der Waals surface area (Å²) in [7, 11) is 0. The summed E-state index contributed by atoms with van der Waals surface area (Å²) in [6, 6.07) is 8.39. The number of rotatable bonds is 4. The van der Waals surface area contributed by atoms with Crippen LogP contribution in [0.2, 0.25) is 5.02 Å². The van der Waals surface area contributed by atoms with E-state index in [0.717, 1.165) is 52.8 Å². The van der Waals surface area contributed by atoms with Crippen molar-refractivity contribution >= 4 is 11.6 Å². The van der Waals surface area contributed by atoms with E-state index in [1.807, 2.05) is 38.2 Å². The van der Waals surface area contributed by atoms with Gasteiger partial charge in [0.15, 0.2) is 5.76 Å². The zero-order valence-corrected chi connectivity index (χ0v) is 15.9. The van der Waals surface area contributed by atoms with Gasteiger partial charge in [-0.05, 0) is 50.9 Å². The lowest BCUT2D eigenvalue weighted by Crippen LogP contribution is -2.33. The Kier molecular flexibility index (Phi) is 4.83. The molecule has 1 atom stereocenters. The number of aromatic amines is 1. The minimum absolute atomic E-state index is 0.282. The second-order valence-corrected chi connectivity index (χ2v) is 7.47. The molecule has 1 fully saturated rings. The Balaban J connectivity index is 1.65. The van der Waals surface area contributed by atoms with Gasteiger partial charge < -0.3 is 4.52 Å². The highest BCUT2D eigenvalue weighted by atomic mass is 35.5. The maximum Gasteiger partial charge on any atom is 0.173 e. The van der Waals surface area contributed by atoms with Crippen molar-refractivity contribution in [3.8, 4) is 11.3 Å². The molecule has 0 aliphatic carbocycles. The van der Waals surface area contributed by atoms with E-state index in [0.29, 0.717) is 0 Å². The number of nitrogens with zero attached hydrogens (tertiary/aromatic N) is 3. The second-order valence-electron chi connectivity index (χ2n) is 7.03. The molecule has 1 aromatic carbocycles. The Bertz CT molecular complexity index is 901. The molecule has 136 valence electrons. The van der Waals surface area contributed by atoms with Crippen LogP contribution in [0.3, 0.4) is 0 Å². The van der Waals surface area contributed by atoms with Crippen LogP contribution < -0.4 is 0 Å².